The topological polar surface area (TPSA) is 78.5 Å². The minimum atomic E-state index is -3.53. The van der Waals surface area contributed by atoms with Crippen LogP contribution in [-0.2, 0) is 14.8 Å². The standard InChI is InChI=1S/C20H31N3O3S/c1-16-6-8-18(22-20(24)9-7-17-10-11-21-15-17)14-19(16)27(25,26)23-12-4-2-3-5-13-23/h6,8,14,17,21H,2-5,7,9-13,15H2,1H3,(H,22,24). The van der Waals surface area contributed by atoms with Crippen molar-refractivity contribution in [2.75, 3.05) is 31.5 Å². The molecular formula is C20H31N3O3S. The predicted octanol–water partition coefficient (Wildman–Crippen LogP) is 2.89. The Morgan fingerprint density at radius 3 is 2.63 bits per heavy atom. The zero-order valence-electron chi connectivity index (χ0n) is 16.2. The molecule has 1 aromatic rings. The van der Waals surface area contributed by atoms with E-state index in [9.17, 15) is 13.2 Å². The van der Waals surface area contributed by atoms with Crippen LogP contribution in [0.4, 0.5) is 5.69 Å². The van der Waals surface area contributed by atoms with E-state index in [2.05, 4.69) is 10.6 Å². The summed E-state index contributed by atoms with van der Waals surface area (Å²) >= 11 is 0. The Bertz CT molecular complexity index is 750. The molecule has 2 fully saturated rings. The van der Waals surface area contributed by atoms with E-state index in [1.54, 1.807) is 22.5 Å². The van der Waals surface area contributed by atoms with Gasteiger partial charge >= 0.3 is 0 Å². The van der Waals surface area contributed by atoms with E-state index in [-0.39, 0.29) is 5.91 Å². The highest BCUT2D eigenvalue weighted by Crippen LogP contribution is 2.26. The molecule has 0 spiro atoms. The van der Waals surface area contributed by atoms with Crippen LogP contribution < -0.4 is 10.6 Å². The first-order chi connectivity index (χ1) is 13.0. The molecule has 3 rings (SSSR count). The minimum Gasteiger partial charge on any atom is -0.326 e. The van der Waals surface area contributed by atoms with Gasteiger partial charge in [-0.05, 0) is 69.3 Å². The Morgan fingerprint density at radius 2 is 1.96 bits per heavy atom. The number of nitrogens with one attached hydrogen (secondary N) is 2. The van der Waals surface area contributed by atoms with Crippen LogP contribution in [0.2, 0.25) is 0 Å². The van der Waals surface area contributed by atoms with Gasteiger partial charge in [0.15, 0.2) is 0 Å². The molecule has 2 aliphatic heterocycles. The summed E-state index contributed by atoms with van der Waals surface area (Å²) in [5.74, 6) is 0.511. The molecule has 0 bridgehead atoms. The highest BCUT2D eigenvalue weighted by Gasteiger charge is 2.27. The molecule has 0 aromatic heterocycles. The Morgan fingerprint density at radius 1 is 1.22 bits per heavy atom. The molecule has 1 atom stereocenters. The molecule has 150 valence electrons. The largest absolute Gasteiger partial charge is 0.326 e. The molecule has 2 N–H and O–H groups in total. The number of carbonyl (C=O) groups is 1. The van der Waals surface area contributed by atoms with Crippen molar-refractivity contribution in [1.82, 2.24) is 9.62 Å². The fraction of sp³-hybridized carbons (Fsp3) is 0.650. The second-order valence-corrected chi connectivity index (χ2v) is 9.65. The summed E-state index contributed by atoms with van der Waals surface area (Å²) in [6.45, 7) is 4.98. The first-order valence-electron chi connectivity index (χ1n) is 10.1. The summed E-state index contributed by atoms with van der Waals surface area (Å²) in [6, 6.07) is 5.18. The maximum Gasteiger partial charge on any atom is 0.243 e. The van der Waals surface area contributed by atoms with E-state index in [1.807, 2.05) is 6.92 Å². The first-order valence-corrected chi connectivity index (χ1v) is 11.5. The predicted molar refractivity (Wildman–Crippen MR) is 107 cm³/mol. The number of nitrogens with zero attached hydrogens (tertiary/aromatic N) is 1. The van der Waals surface area contributed by atoms with Crippen molar-refractivity contribution in [3.8, 4) is 0 Å². The lowest BCUT2D eigenvalue weighted by atomic mass is 10.0. The van der Waals surface area contributed by atoms with E-state index in [4.69, 9.17) is 0 Å². The van der Waals surface area contributed by atoms with Crippen LogP contribution in [-0.4, -0.2) is 44.8 Å². The van der Waals surface area contributed by atoms with Crippen LogP contribution >= 0.6 is 0 Å². The van der Waals surface area contributed by atoms with Crippen LogP contribution in [0.25, 0.3) is 0 Å². The minimum absolute atomic E-state index is 0.0520. The molecule has 1 aromatic carbocycles. The van der Waals surface area contributed by atoms with Crippen molar-refractivity contribution >= 4 is 21.6 Å². The van der Waals surface area contributed by atoms with Crippen molar-refractivity contribution < 1.29 is 13.2 Å². The summed E-state index contributed by atoms with van der Waals surface area (Å²) in [5.41, 5.74) is 1.28. The fourth-order valence-corrected chi connectivity index (χ4v) is 5.66. The van der Waals surface area contributed by atoms with Gasteiger partial charge in [-0.15, -0.1) is 0 Å². The van der Waals surface area contributed by atoms with E-state index >= 15 is 0 Å². The summed E-state index contributed by atoms with van der Waals surface area (Å²) in [4.78, 5) is 12.6. The Kier molecular flexibility index (Phi) is 6.89. The van der Waals surface area contributed by atoms with Gasteiger partial charge < -0.3 is 10.6 Å². The van der Waals surface area contributed by atoms with Gasteiger partial charge in [0.1, 0.15) is 0 Å². The molecular weight excluding hydrogens is 362 g/mol. The van der Waals surface area contributed by atoms with Crippen LogP contribution in [0.1, 0.15) is 50.5 Å². The number of sulfonamides is 1. The number of carbonyl (C=O) groups excluding carboxylic acids is 1. The number of rotatable bonds is 6. The van der Waals surface area contributed by atoms with Crippen molar-refractivity contribution in [3.63, 3.8) is 0 Å². The monoisotopic (exact) mass is 393 g/mol. The second kappa shape index (κ2) is 9.17. The lowest BCUT2D eigenvalue weighted by Gasteiger charge is -2.21. The molecule has 0 radical (unpaired) electrons. The lowest BCUT2D eigenvalue weighted by molar-refractivity contribution is -0.116. The van der Waals surface area contributed by atoms with E-state index in [0.717, 1.165) is 51.6 Å². The smallest absolute Gasteiger partial charge is 0.243 e. The van der Waals surface area contributed by atoms with Crippen LogP contribution in [0.3, 0.4) is 0 Å². The molecule has 1 unspecified atom stereocenters. The molecule has 6 nitrogen and oxygen atoms in total. The van der Waals surface area contributed by atoms with Gasteiger partial charge in [0.25, 0.3) is 0 Å². The SMILES string of the molecule is Cc1ccc(NC(=O)CCC2CCNC2)cc1S(=O)(=O)N1CCCCCC1. The van der Waals surface area contributed by atoms with Crippen LogP contribution in [0, 0.1) is 12.8 Å². The summed E-state index contributed by atoms with van der Waals surface area (Å²) < 4.78 is 27.8. The third-order valence-electron chi connectivity index (χ3n) is 5.60. The highest BCUT2D eigenvalue weighted by molar-refractivity contribution is 7.89. The van der Waals surface area contributed by atoms with Crippen molar-refractivity contribution in [3.05, 3.63) is 23.8 Å². The number of aryl methyl sites for hydroxylation is 1. The Labute approximate surface area is 162 Å². The van der Waals surface area contributed by atoms with Gasteiger partial charge in [-0.2, -0.15) is 4.31 Å². The molecule has 27 heavy (non-hydrogen) atoms. The van der Waals surface area contributed by atoms with Crippen molar-refractivity contribution in [1.29, 1.82) is 0 Å². The highest BCUT2D eigenvalue weighted by atomic mass is 32.2. The summed E-state index contributed by atoms with van der Waals surface area (Å²) in [6.07, 6.45) is 6.43. The molecule has 0 aliphatic carbocycles. The average molecular weight is 394 g/mol. The summed E-state index contributed by atoms with van der Waals surface area (Å²) in [7, 11) is -3.53. The fourth-order valence-electron chi connectivity index (χ4n) is 3.90. The van der Waals surface area contributed by atoms with Gasteiger partial charge in [0.05, 0.1) is 4.90 Å². The number of amides is 1. The molecule has 0 saturated carbocycles. The Hall–Kier alpha value is -1.44. The number of hydrogen-bond acceptors (Lipinski definition) is 4. The molecule has 7 heteroatoms. The van der Waals surface area contributed by atoms with Gasteiger partial charge in [0, 0.05) is 25.2 Å². The van der Waals surface area contributed by atoms with Gasteiger partial charge in [-0.25, -0.2) is 8.42 Å². The Balaban J connectivity index is 1.68. The zero-order chi connectivity index (χ0) is 19.3. The molecule has 2 aliphatic rings. The third-order valence-corrected chi connectivity index (χ3v) is 7.64. The maximum atomic E-state index is 13.1. The number of hydrogen-bond donors (Lipinski definition) is 2. The molecule has 1 amide bonds. The third kappa shape index (κ3) is 5.30. The average Bonchev–Trinajstić information content (AvgIpc) is 3.01. The second-order valence-electron chi connectivity index (χ2n) is 7.74. The first kappa shape index (κ1) is 20.3. The zero-order valence-corrected chi connectivity index (χ0v) is 17.0. The maximum absolute atomic E-state index is 13.1. The van der Waals surface area contributed by atoms with Gasteiger partial charge in [0.2, 0.25) is 15.9 Å². The number of anilines is 1. The van der Waals surface area contributed by atoms with Gasteiger partial charge in [-0.3, -0.25) is 4.79 Å². The van der Waals surface area contributed by atoms with Gasteiger partial charge in [-0.1, -0.05) is 18.9 Å². The molecule has 2 heterocycles. The van der Waals surface area contributed by atoms with Crippen molar-refractivity contribution in [2.45, 2.75) is 56.8 Å². The van der Waals surface area contributed by atoms with Crippen LogP contribution in [0.15, 0.2) is 23.1 Å². The molecule has 2 saturated heterocycles. The normalized spacial score (nSPS) is 21.7. The number of benzene rings is 1. The van der Waals surface area contributed by atoms with E-state index in [1.165, 1.54) is 0 Å². The summed E-state index contributed by atoms with van der Waals surface area (Å²) in [5, 5.41) is 6.19. The quantitative estimate of drug-likeness (QED) is 0.779. The lowest BCUT2D eigenvalue weighted by Crippen LogP contribution is -2.32. The van der Waals surface area contributed by atoms with E-state index < -0.39 is 10.0 Å². The van der Waals surface area contributed by atoms with Crippen molar-refractivity contribution in [2.24, 2.45) is 5.92 Å². The van der Waals surface area contributed by atoms with Crippen LogP contribution in [0.5, 0.6) is 0 Å². The van der Waals surface area contributed by atoms with E-state index in [0.29, 0.717) is 41.6 Å².